The normalized spacial score (nSPS) is 12.0. The van der Waals surface area contributed by atoms with E-state index in [0.29, 0.717) is 23.8 Å². The monoisotopic (exact) mass is 292 g/mol. The molecule has 1 aromatic carbocycles. The Labute approximate surface area is 124 Å². The molecular formula is C15H20N2O4. The van der Waals surface area contributed by atoms with Crippen molar-refractivity contribution in [3.05, 3.63) is 35.7 Å². The van der Waals surface area contributed by atoms with Crippen molar-refractivity contribution in [2.75, 3.05) is 21.3 Å². The van der Waals surface area contributed by atoms with Gasteiger partial charge in [-0.2, -0.15) is 0 Å². The molecule has 21 heavy (non-hydrogen) atoms. The fourth-order valence-corrected chi connectivity index (χ4v) is 2.06. The van der Waals surface area contributed by atoms with Crippen LogP contribution in [0.2, 0.25) is 0 Å². The predicted octanol–water partition coefficient (Wildman–Crippen LogP) is 2.55. The smallest absolute Gasteiger partial charge is 0.203 e. The maximum absolute atomic E-state index is 5.36. The molecule has 1 aromatic heterocycles. The van der Waals surface area contributed by atoms with Crippen LogP contribution in [0.1, 0.15) is 24.3 Å². The maximum atomic E-state index is 5.36. The molecule has 0 saturated heterocycles. The Morgan fingerprint density at radius 2 is 1.81 bits per heavy atom. The minimum absolute atomic E-state index is 0.0869. The Hall–Kier alpha value is -2.21. The van der Waals surface area contributed by atoms with Gasteiger partial charge in [0.25, 0.3) is 0 Å². The number of nitrogens with one attached hydrogen (secondary N) is 1. The summed E-state index contributed by atoms with van der Waals surface area (Å²) in [7, 11) is 4.80. The van der Waals surface area contributed by atoms with Gasteiger partial charge in [0, 0.05) is 12.1 Å². The van der Waals surface area contributed by atoms with E-state index < -0.39 is 0 Å². The van der Waals surface area contributed by atoms with Crippen molar-refractivity contribution in [1.29, 1.82) is 0 Å². The lowest BCUT2D eigenvalue weighted by Gasteiger charge is -2.18. The first-order valence-corrected chi connectivity index (χ1v) is 6.62. The SMILES string of the molecule is COc1cc(C(C)NCc2ccno2)cc(OC)c1OC. The van der Waals surface area contributed by atoms with E-state index in [0.717, 1.165) is 11.3 Å². The summed E-state index contributed by atoms with van der Waals surface area (Å²) < 4.78 is 21.1. The van der Waals surface area contributed by atoms with Gasteiger partial charge in [-0.25, -0.2) is 0 Å². The van der Waals surface area contributed by atoms with Crippen LogP contribution in [-0.2, 0) is 6.54 Å². The molecule has 0 fully saturated rings. The summed E-state index contributed by atoms with van der Waals surface area (Å²) in [4.78, 5) is 0. The highest BCUT2D eigenvalue weighted by molar-refractivity contribution is 5.54. The van der Waals surface area contributed by atoms with Gasteiger partial charge in [0.1, 0.15) is 5.76 Å². The minimum Gasteiger partial charge on any atom is -0.493 e. The lowest BCUT2D eigenvalue weighted by atomic mass is 10.1. The van der Waals surface area contributed by atoms with Gasteiger partial charge >= 0.3 is 0 Å². The summed E-state index contributed by atoms with van der Waals surface area (Å²) in [6.45, 7) is 2.65. The molecule has 1 atom stereocenters. The van der Waals surface area contributed by atoms with Crippen LogP contribution in [0.4, 0.5) is 0 Å². The summed E-state index contributed by atoms with van der Waals surface area (Å²) in [6.07, 6.45) is 1.63. The highest BCUT2D eigenvalue weighted by Crippen LogP contribution is 2.39. The Kier molecular flexibility index (Phi) is 5.05. The van der Waals surface area contributed by atoms with E-state index in [1.54, 1.807) is 27.5 Å². The largest absolute Gasteiger partial charge is 0.493 e. The third-order valence-corrected chi connectivity index (χ3v) is 3.26. The molecule has 0 spiro atoms. The molecule has 6 nitrogen and oxygen atoms in total. The number of hydrogen-bond acceptors (Lipinski definition) is 6. The van der Waals surface area contributed by atoms with Gasteiger partial charge in [0.15, 0.2) is 11.5 Å². The summed E-state index contributed by atoms with van der Waals surface area (Å²) in [5.41, 5.74) is 1.03. The van der Waals surface area contributed by atoms with Crippen molar-refractivity contribution < 1.29 is 18.7 Å². The molecule has 1 heterocycles. The van der Waals surface area contributed by atoms with Crippen molar-refractivity contribution >= 4 is 0 Å². The van der Waals surface area contributed by atoms with Gasteiger partial charge < -0.3 is 24.1 Å². The highest BCUT2D eigenvalue weighted by Gasteiger charge is 2.16. The Morgan fingerprint density at radius 3 is 2.29 bits per heavy atom. The number of methoxy groups -OCH3 is 3. The fourth-order valence-electron chi connectivity index (χ4n) is 2.06. The van der Waals surface area contributed by atoms with Crippen molar-refractivity contribution in [3.8, 4) is 17.2 Å². The molecule has 114 valence electrons. The topological polar surface area (TPSA) is 65.8 Å². The first-order chi connectivity index (χ1) is 10.2. The van der Waals surface area contributed by atoms with Crippen LogP contribution in [0.3, 0.4) is 0 Å². The second kappa shape index (κ2) is 6.99. The molecule has 1 unspecified atom stereocenters. The van der Waals surface area contributed by atoms with Crippen LogP contribution >= 0.6 is 0 Å². The van der Waals surface area contributed by atoms with E-state index in [4.69, 9.17) is 18.7 Å². The van der Waals surface area contributed by atoms with Gasteiger partial charge in [-0.1, -0.05) is 5.16 Å². The lowest BCUT2D eigenvalue weighted by molar-refractivity contribution is 0.322. The summed E-state index contributed by atoms with van der Waals surface area (Å²) in [5.74, 6) is 2.65. The van der Waals surface area contributed by atoms with Gasteiger partial charge in [-0.15, -0.1) is 0 Å². The Bertz CT molecular complexity index is 544. The van der Waals surface area contributed by atoms with E-state index >= 15 is 0 Å². The summed E-state index contributed by atoms with van der Waals surface area (Å²) >= 11 is 0. The van der Waals surface area contributed by atoms with Crippen LogP contribution < -0.4 is 19.5 Å². The van der Waals surface area contributed by atoms with Crippen LogP contribution in [0.5, 0.6) is 17.2 Å². The number of benzene rings is 1. The third kappa shape index (κ3) is 3.46. The Morgan fingerprint density at radius 1 is 1.14 bits per heavy atom. The van der Waals surface area contributed by atoms with Crippen molar-refractivity contribution in [2.24, 2.45) is 0 Å². The van der Waals surface area contributed by atoms with Crippen molar-refractivity contribution in [2.45, 2.75) is 19.5 Å². The average molecular weight is 292 g/mol. The van der Waals surface area contributed by atoms with E-state index in [-0.39, 0.29) is 6.04 Å². The molecule has 0 amide bonds. The van der Waals surface area contributed by atoms with Crippen LogP contribution in [0, 0.1) is 0 Å². The zero-order chi connectivity index (χ0) is 15.2. The first kappa shape index (κ1) is 15.2. The molecule has 2 rings (SSSR count). The number of nitrogens with zero attached hydrogens (tertiary/aromatic N) is 1. The molecule has 2 aromatic rings. The van der Waals surface area contributed by atoms with Crippen molar-refractivity contribution in [1.82, 2.24) is 10.5 Å². The maximum Gasteiger partial charge on any atom is 0.203 e. The molecule has 1 N–H and O–H groups in total. The molecule has 0 aliphatic heterocycles. The molecule has 0 bridgehead atoms. The van der Waals surface area contributed by atoms with Gasteiger partial charge in [0.2, 0.25) is 5.75 Å². The molecule has 0 aliphatic carbocycles. The van der Waals surface area contributed by atoms with E-state index in [9.17, 15) is 0 Å². The predicted molar refractivity (Wildman–Crippen MR) is 77.9 cm³/mol. The molecule has 0 saturated carbocycles. The molecule has 0 radical (unpaired) electrons. The van der Waals surface area contributed by atoms with E-state index in [2.05, 4.69) is 17.4 Å². The molecule has 6 heteroatoms. The number of rotatable bonds is 7. The van der Waals surface area contributed by atoms with Gasteiger partial charge in [-0.05, 0) is 24.6 Å². The van der Waals surface area contributed by atoms with E-state index in [1.165, 1.54) is 0 Å². The number of ether oxygens (including phenoxy) is 3. The van der Waals surface area contributed by atoms with E-state index in [1.807, 2.05) is 18.2 Å². The second-order valence-electron chi connectivity index (χ2n) is 4.54. The minimum atomic E-state index is 0.0869. The zero-order valence-corrected chi connectivity index (χ0v) is 12.7. The average Bonchev–Trinajstić information content (AvgIpc) is 3.04. The number of aromatic nitrogens is 1. The first-order valence-electron chi connectivity index (χ1n) is 6.62. The van der Waals surface area contributed by atoms with Gasteiger partial charge in [0.05, 0.1) is 34.1 Å². The second-order valence-corrected chi connectivity index (χ2v) is 4.54. The van der Waals surface area contributed by atoms with Gasteiger partial charge in [-0.3, -0.25) is 0 Å². The summed E-state index contributed by atoms with van der Waals surface area (Å²) in [6, 6.07) is 5.78. The zero-order valence-electron chi connectivity index (χ0n) is 12.7. The lowest BCUT2D eigenvalue weighted by Crippen LogP contribution is -2.18. The molecular weight excluding hydrogens is 272 g/mol. The Balaban J connectivity index is 2.18. The van der Waals surface area contributed by atoms with Crippen molar-refractivity contribution in [3.63, 3.8) is 0 Å². The molecule has 0 aliphatic rings. The summed E-state index contributed by atoms with van der Waals surface area (Å²) in [5, 5.41) is 7.03. The van der Waals surface area contributed by atoms with Crippen LogP contribution in [0.15, 0.2) is 28.9 Å². The highest BCUT2D eigenvalue weighted by atomic mass is 16.5. The van der Waals surface area contributed by atoms with Crippen LogP contribution in [0.25, 0.3) is 0 Å². The fraction of sp³-hybridized carbons (Fsp3) is 0.400. The third-order valence-electron chi connectivity index (χ3n) is 3.26. The number of hydrogen-bond donors (Lipinski definition) is 1. The standard InChI is InChI=1S/C15H20N2O4/c1-10(16-9-12-5-6-17-21-12)11-7-13(18-2)15(20-4)14(8-11)19-3/h5-8,10,16H,9H2,1-4H3. The van der Waals surface area contributed by atoms with Crippen LogP contribution in [-0.4, -0.2) is 26.5 Å². The quantitative estimate of drug-likeness (QED) is 0.846.